The lowest BCUT2D eigenvalue weighted by atomic mass is 10.1. The summed E-state index contributed by atoms with van der Waals surface area (Å²) in [6.07, 6.45) is -0.535. The summed E-state index contributed by atoms with van der Waals surface area (Å²) < 4.78 is 6.86. The zero-order chi connectivity index (χ0) is 15.5. The molecule has 3 rings (SSSR count). The van der Waals surface area contributed by atoms with Crippen LogP contribution >= 0.6 is 15.9 Å². The van der Waals surface area contributed by atoms with Crippen molar-refractivity contribution in [2.75, 3.05) is 0 Å². The third-order valence-electron chi connectivity index (χ3n) is 3.55. The lowest BCUT2D eigenvalue weighted by Crippen LogP contribution is -2.23. The van der Waals surface area contributed by atoms with Gasteiger partial charge < -0.3 is 4.74 Å². The van der Waals surface area contributed by atoms with Gasteiger partial charge in [0.05, 0.1) is 0 Å². The maximum atomic E-state index is 12.5. The fourth-order valence-electron chi connectivity index (χ4n) is 2.39. The van der Waals surface area contributed by atoms with E-state index in [1.807, 2.05) is 54.6 Å². The zero-order valence-electron chi connectivity index (χ0n) is 12.1. The minimum atomic E-state index is -0.535. The highest BCUT2D eigenvalue weighted by Crippen LogP contribution is 2.26. The van der Waals surface area contributed by atoms with Crippen molar-refractivity contribution in [3.8, 4) is 5.75 Å². The molecule has 0 aliphatic carbocycles. The number of rotatable bonds is 4. The second-order valence-electron chi connectivity index (χ2n) is 5.11. The molecule has 3 heteroatoms. The first-order valence-electron chi connectivity index (χ1n) is 7.09. The number of hydrogen-bond donors (Lipinski definition) is 0. The van der Waals surface area contributed by atoms with Crippen LogP contribution in [-0.4, -0.2) is 11.9 Å². The van der Waals surface area contributed by atoms with E-state index < -0.39 is 6.10 Å². The van der Waals surface area contributed by atoms with Crippen LogP contribution in [0.5, 0.6) is 5.75 Å². The highest BCUT2D eigenvalue weighted by molar-refractivity contribution is 9.10. The van der Waals surface area contributed by atoms with Crippen LogP contribution < -0.4 is 4.74 Å². The summed E-state index contributed by atoms with van der Waals surface area (Å²) in [5.74, 6) is 0.705. The van der Waals surface area contributed by atoms with E-state index in [9.17, 15) is 4.79 Å². The maximum absolute atomic E-state index is 12.5. The SMILES string of the molecule is C[C@H](Oc1cccc2ccccc12)C(=O)c1ccc(Br)cc1. The molecule has 0 amide bonds. The molecule has 1 atom stereocenters. The number of hydrogen-bond acceptors (Lipinski definition) is 2. The van der Waals surface area contributed by atoms with Crippen LogP contribution in [0.25, 0.3) is 10.8 Å². The molecular weight excluding hydrogens is 340 g/mol. The average Bonchev–Trinajstić information content (AvgIpc) is 2.55. The summed E-state index contributed by atoms with van der Waals surface area (Å²) in [6.45, 7) is 1.78. The summed E-state index contributed by atoms with van der Waals surface area (Å²) in [4.78, 5) is 12.5. The zero-order valence-corrected chi connectivity index (χ0v) is 13.7. The fourth-order valence-corrected chi connectivity index (χ4v) is 2.66. The van der Waals surface area contributed by atoms with Gasteiger partial charge in [0.2, 0.25) is 5.78 Å². The van der Waals surface area contributed by atoms with Gasteiger partial charge in [-0.3, -0.25) is 4.79 Å². The number of benzene rings is 3. The van der Waals surface area contributed by atoms with Gasteiger partial charge in [-0.25, -0.2) is 0 Å². The number of ketones is 1. The van der Waals surface area contributed by atoms with Gasteiger partial charge in [-0.15, -0.1) is 0 Å². The highest BCUT2D eigenvalue weighted by atomic mass is 79.9. The van der Waals surface area contributed by atoms with Crippen molar-refractivity contribution in [1.82, 2.24) is 0 Å². The highest BCUT2D eigenvalue weighted by Gasteiger charge is 2.17. The van der Waals surface area contributed by atoms with Crippen molar-refractivity contribution in [1.29, 1.82) is 0 Å². The van der Waals surface area contributed by atoms with Crippen LogP contribution in [0, 0.1) is 0 Å². The lowest BCUT2D eigenvalue weighted by molar-refractivity contribution is 0.0820. The Hall–Kier alpha value is -2.13. The van der Waals surface area contributed by atoms with Gasteiger partial charge in [-0.05, 0) is 30.5 Å². The molecule has 22 heavy (non-hydrogen) atoms. The van der Waals surface area contributed by atoms with Gasteiger partial charge in [0.15, 0.2) is 6.10 Å². The van der Waals surface area contributed by atoms with Crippen molar-refractivity contribution >= 4 is 32.5 Å². The monoisotopic (exact) mass is 354 g/mol. The summed E-state index contributed by atoms with van der Waals surface area (Å²) in [6, 6.07) is 21.2. The third-order valence-corrected chi connectivity index (χ3v) is 4.08. The molecule has 0 spiro atoms. The summed E-state index contributed by atoms with van der Waals surface area (Å²) >= 11 is 3.37. The Morgan fingerprint density at radius 2 is 1.64 bits per heavy atom. The van der Waals surface area contributed by atoms with Gasteiger partial charge in [0.1, 0.15) is 5.75 Å². The van der Waals surface area contributed by atoms with Crippen molar-refractivity contribution in [3.05, 3.63) is 76.8 Å². The van der Waals surface area contributed by atoms with E-state index in [-0.39, 0.29) is 5.78 Å². The Morgan fingerprint density at radius 1 is 0.955 bits per heavy atom. The summed E-state index contributed by atoms with van der Waals surface area (Å²) in [7, 11) is 0. The standard InChI is InChI=1S/C19H15BrO2/c1-13(19(21)15-9-11-16(20)12-10-15)22-18-8-4-6-14-5-2-3-7-17(14)18/h2-13H,1H3/t13-/m0/s1. The van der Waals surface area contributed by atoms with Gasteiger partial charge in [0.25, 0.3) is 0 Å². The van der Waals surface area contributed by atoms with Crippen LogP contribution in [0.1, 0.15) is 17.3 Å². The molecule has 3 aromatic carbocycles. The Labute approximate surface area is 137 Å². The normalized spacial score (nSPS) is 12.1. The van der Waals surface area contributed by atoms with E-state index in [2.05, 4.69) is 15.9 Å². The number of fused-ring (bicyclic) bond motifs is 1. The minimum absolute atomic E-state index is 0.0274. The van der Waals surface area contributed by atoms with E-state index in [0.29, 0.717) is 5.56 Å². The van der Waals surface area contributed by atoms with Crippen LogP contribution in [-0.2, 0) is 0 Å². The first-order valence-corrected chi connectivity index (χ1v) is 7.88. The maximum Gasteiger partial charge on any atom is 0.202 e. The molecule has 110 valence electrons. The molecule has 0 saturated carbocycles. The minimum Gasteiger partial charge on any atom is -0.482 e. The lowest BCUT2D eigenvalue weighted by Gasteiger charge is -2.15. The Bertz CT molecular complexity index is 804. The van der Waals surface area contributed by atoms with Gasteiger partial charge in [-0.1, -0.05) is 64.5 Å². The Balaban J connectivity index is 1.85. The predicted molar refractivity (Wildman–Crippen MR) is 92.5 cm³/mol. The Morgan fingerprint density at radius 3 is 2.41 bits per heavy atom. The van der Waals surface area contributed by atoms with Crippen LogP contribution in [0.2, 0.25) is 0 Å². The number of ether oxygens (including phenoxy) is 1. The molecule has 0 fully saturated rings. The van der Waals surface area contributed by atoms with E-state index in [0.717, 1.165) is 21.0 Å². The van der Waals surface area contributed by atoms with Crippen molar-refractivity contribution in [3.63, 3.8) is 0 Å². The topological polar surface area (TPSA) is 26.3 Å². The fraction of sp³-hybridized carbons (Fsp3) is 0.105. The van der Waals surface area contributed by atoms with Gasteiger partial charge >= 0.3 is 0 Å². The summed E-state index contributed by atoms with van der Waals surface area (Å²) in [5, 5.41) is 2.11. The molecule has 3 aromatic rings. The number of Topliss-reactive ketones (excluding diaryl/α,β-unsaturated/α-hetero) is 1. The van der Waals surface area contributed by atoms with Crippen LogP contribution in [0.15, 0.2) is 71.2 Å². The number of carbonyl (C=O) groups is 1. The predicted octanol–water partition coefficient (Wildman–Crippen LogP) is 5.25. The van der Waals surface area contributed by atoms with E-state index >= 15 is 0 Å². The first kappa shape index (κ1) is 14.8. The molecule has 0 N–H and O–H groups in total. The van der Waals surface area contributed by atoms with E-state index in [4.69, 9.17) is 4.74 Å². The van der Waals surface area contributed by atoms with Gasteiger partial charge in [0, 0.05) is 15.4 Å². The molecule has 2 nitrogen and oxygen atoms in total. The molecule has 0 bridgehead atoms. The van der Waals surface area contributed by atoms with E-state index in [1.165, 1.54) is 0 Å². The molecule has 0 saturated heterocycles. The van der Waals surface area contributed by atoms with Gasteiger partial charge in [-0.2, -0.15) is 0 Å². The molecule has 0 radical (unpaired) electrons. The number of carbonyl (C=O) groups excluding carboxylic acids is 1. The Kier molecular flexibility index (Phi) is 4.25. The first-order chi connectivity index (χ1) is 10.6. The van der Waals surface area contributed by atoms with Crippen molar-refractivity contribution in [2.45, 2.75) is 13.0 Å². The molecule has 0 aromatic heterocycles. The average molecular weight is 355 g/mol. The molecular formula is C19H15BrO2. The second kappa shape index (κ2) is 6.32. The van der Waals surface area contributed by atoms with Crippen molar-refractivity contribution < 1.29 is 9.53 Å². The molecule has 0 heterocycles. The third kappa shape index (κ3) is 3.04. The molecule has 0 aliphatic heterocycles. The van der Waals surface area contributed by atoms with Crippen molar-refractivity contribution in [2.24, 2.45) is 0 Å². The van der Waals surface area contributed by atoms with Crippen LogP contribution in [0.3, 0.4) is 0 Å². The smallest absolute Gasteiger partial charge is 0.202 e. The quantitative estimate of drug-likeness (QED) is 0.598. The largest absolute Gasteiger partial charge is 0.482 e. The van der Waals surface area contributed by atoms with Crippen LogP contribution in [0.4, 0.5) is 0 Å². The number of halogens is 1. The second-order valence-corrected chi connectivity index (χ2v) is 6.02. The summed E-state index contributed by atoms with van der Waals surface area (Å²) in [5.41, 5.74) is 0.649. The molecule has 0 unspecified atom stereocenters. The molecule has 0 aliphatic rings. The van der Waals surface area contributed by atoms with E-state index in [1.54, 1.807) is 19.1 Å².